The number of primary sulfonamides is 1. The van der Waals surface area contributed by atoms with Crippen molar-refractivity contribution in [3.63, 3.8) is 0 Å². The van der Waals surface area contributed by atoms with Gasteiger partial charge in [-0.05, 0) is 29.8 Å². The molecule has 15 heteroatoms. The summed E-state index contributed by atoms with van der Waals surface area (Å²) in [6.07, 6.45) is -5.47. The van der Waals surface area contributed by atoms with Gasteiger partial charge in [0.2, 0.25) is 0 Å². The predicted octanol–water partition coefficient (Wildman–Crippen LogP) is 2.00. The molecule has 3 heterocycles. The number of ether oxygens (including phenoxy) is 2. The number of rotatable bonds is 5. The molecule has 2 atom stereocenters. The van der Waals surface area contributed by atoms with Gasteiger partial charge in [0.1, 0.15) is 31.1 Å². The highest BCUT2D eigenvalue weighted by Gasteiger charge is 2.63. The van der Waals surface area contributed by atoms with E-state index < -0.39 is 39.7 Å². The molecular formula is C22H23F3N5O6S+. The van der Waals surface area contributed by atoms with Crippen LogP contribution in [0.25, 0.3) is 4.85 Å². The number of hydrogen-bond acceptors (Lipinski definition) is 6. The number of carbonyl (C=O) groups is 2. The molecule has 2 saturated heterocycles. The molecule has 198 valence electrons. The average molecular weight is 543 g/mol. The SMILES string of the molecule is C#[N+][C@]12CN(C(=O)OCc3ccc(OC(F)(F)F)cc3)C[C@@H]1CN(C(=O)c1ccc(S(N)(=O)=O)n1C)C2. The second-order valence-electron chi connectivity index (χ2n) is 8.90. The van der Waals surface area contributed by atoms with Gasteiger partial charge >= 0.3 is 18.0 Å². The number of fused-ring (bicyclic) bond motifs is 1. The molecule has 4 rings (SSSR count). The summed E-state index contributed by atoms with van der Waals surface area (Å²) in [4.78, 5) is 32.6. The maximum Gasteiger partial charge on any atom is 0.573 e. The molecule has 37 heavy (non-hydrogen) atoms. The number of carbonyl (C=O) groups excluding carboxylic acids is 2. The minimum absolute atomic E-state index is 0.0880. The van der Waals surface area contributed by atoms with E-state index in [1.807, 2.05) is 0 Å². The van der Waals surface area contributed by atoms with Crippen molar-refractivity contribution in [2.24, 2.45) is 18.1 Å². The van der Waals surface area contributed by atoms with E-state index in [4.69, 9.17) is 16.4 Å². The summed E-state index contributed by atoms with van der Waals surface area (Å²) in [5.41, 5.74) is -0.350. The summed E-state index contributed by atoms with van der Waals surface area (Å²) in [5, 5.41) is 4.97. The molecule has 2 aliphatic heterocycles. The fraction of sp³-hybridized carbons (Fsp3) is 0.409. The van der Waals surface area contributed by atoms with Gasteiger partial charge < -0.3 is 18.9 Å². The number of alkyl halides is 3. The molecule has 2 aliphatic rings. The van der Waals surface area contributed by atoms with E-state index in [1.54, 1.807) is 0 Å². The van der Waals surface area contributed by atoms with Crippen molar-refractivity contribution in [1.29, 1.82) is 0 Å². The molecular weight excluding hydrogens is 519 g/mol. The third-order valence-electron chi connectivity index (χ3n) is 6.48. The van der Waals surface area contributed by atoms with Crippen molar-refractivity contribution in [2.75, 3.05) is 26.2 Å². The van der Waals surface area contributed by atoms with E-state index in [2.05, 4.69) is 9.58 Å². The van der Waals surface area contributed by atoms with Crippen LogP contribution in [0.3, 0.4) is 0 Å². The summed E-state index contributed by atoms with van der Waals surface area (Å²) in [7, 11) is -2.59. The molecule has 0 bridgehead atoms. The quantitative estimate of drug-likeness (QED) is 0.616. The fourth-order valence-corrected chi connectivity index (χ4v) is 5.43. The lowest BCUT2D eigenvalue weighted by Gasteiger charge is -2.21. The first-order valence-corrected chi connectivity index (χ1v) is 12.4. The lowest BCUT2D eigenvalue weighted by molar-refractivity contribution is -0.274. The zero-order valence-electron chi connectivity index (χ0n) is 19.5. The van der Waals surface area contributed by atoms with Crippen molar-refractivity contribution in [2.45, 2.75) is 23.5 Å². The van der Waals surface area contributed by atoms with Gasteiger partial charge in [-0.3, -0.25) is 9.69 Å². The lowest BCUT2D eigenvalue weighted by Crippen LogP contribution is -2.41. The van der Waals surface area contributed by atoms with Crippen LogP contribution in [0.1, 0.15) is 16.1 Å². The van der Waals surface area contributed by atoms with E-state index in [9.17, 15) is 31.2 Å². The van der Waals surface area contributed by atoms with Crippen molar-refractivity contribution in [1.82, 2.24) is 14.4 Å². The predicted molar refractivity (Wildman–Crippen MR) is 122 cm³/mol. The first-order chi connectivity index (χ1) is 17.2. The molecule has 2 amide bonds. The van der Waals surface area contributed by atoms with E-state index >= 15 is 0 Å². The van der Waals surface area contributed by atoms with Gasteiger partial charge in [0, 0.05) is 20.1 Å². The Labute approximate surface area is 210 Å². The Balaban J connectivity index is 1.36. The van der Waals surface area contributed by atoms with E-state index in [1.165, 1.54) is 45.7 Å². The van der Waals surface area contributed by atoms with Gasteiger partial charge in [0.25, 0.3) is 22.5 Å². The van der Waals surface area contributed by atoms with Crippen molar-refractivity contribution >= 4 is 22.0 Å². The van der Waals surface area contributed by atoms with Gasteiger partial charge in [-0.15, -0.1) is 13.2 Å². The molecule has 0 saturated carbocycles. The Bertz CT molecular complexity index is 1370. The number of likely N-dealkylation sites (tertiary alicyclic amines) is 2. The first kappa shape index (κ1) is 26.3. The van der Waals surface area contributed by atoms with Gasteiger partial charge in [0.15, 0.2) is 5.03 Å². The molecule has 0 unspecified atom stereocenters. The largest absolute Gasteiger partial charge is 0.573 e. The summed E-state index contributed by atoms with van der Waals surface area (Å²) in [5.74, 6) is -1.11. The second kappa shape index (κ2) is 9.27. The van der Waals surface area contributed by atoms with Gasteiger partial charge in [-0.25, -0.2) is 18.4 Å². The number of amides is 2. The second-order valence-corrected chi connectivity index (χ2v) is 10.4. The topological polar surface area (TPSA) is 129 Å². The Morgan fingerprint density at radius 3 is 2.30 bits per heavy atom. The van der Waals surface area contributed by atoms with Crippen LogP contribution in [0, 0.1) is 12.5 Å². The maximum absolute atomic E-state index is 13.1. The van der Waals surface area contributed by atoms with Gasteiger partial charge in [0.05, 0.1) is 5.92 Å². The zero-order valence-corrected chi connectivity index (χ0v) is 20.3. The van der Waals surface area contributed by atoms with Crippen LogP contribution in [0.15, 0.2) is 41.4 Å². The first-order valence-electron chi connectivity index (χ1n) is 10.9. The van der Waals surface area contributed by atoms with E-state index in [0.717, 1.165) is 12.1 Å². The molecule has 1 aromatic heterocycles. The minimum atomic E-state index is -4.80. The smallest absolute Gasteiger partial charge is 0.445 e. The standard InChI is InChI=1S/C22H23F3N5O6S/c1-27-21-12-29(19(31)17-7-8-18(28(17)2)37(26,33)34)9-15(21)10-30(13-21)20(32)35-11-14-3-5-16(6-4-14)36-22(23,24)25/h1,3-8,15H,9-13H2,2H3,(H2,26,33,34)/q+1/t15-,21+/m0/s1. The molecule has 11 nitrogen and oxygen atoms in total. The van der Waals surface area contributed by atoms with Gasteiger partial charge in [-0.2, -0.15) is 0 Å². The number of sulfonamides is 1. The highest BCUT2D eigenvalue weighted by Crippen LogP contribution is 2.39. The Hall–Kier alpha value is -3.77. The highest BCUT2D eigenvalue weighted by atomic mass is 32.2. The molecule has 2 fully saturated rings. The average Bonchev–Trinajstić information content (AvgIpc) is 3.47. The van der Waals surface area contributed by atoms with Crippen LogP contribution in [0.2, 0.25) is 0 Å². The number of hydrogen-bond donors (Lipinski definition) is 1. The number of nitrogens with two attached hydrogens (primary N) is 1. The number of benzene rings is 1. The fourth-order valence-electron chi connectivity index (χ4n) is 4.69. The molecule has 0 aliphatic carbocycles. The van der Waals surface area contributed by atoms with E-state index in [-0.39, 0.29) is 49.4 Å². The van der Waals surface area contributed by atoms with Crippen molar-refractivity contribution in [3.8, 4) is 12.3 Å². The summed E-state index contributed by atoms with van der Waals surface area (Å²) < 4.78 is 70.5. The maximum atomic E-state index is 13.1. The molecule has 0 radical (unpaired) electrons. The van der Waals surface area contributed by atoms with E-state index in [0.29, 0.717) is 5.56 Å². The summed E-state index contributed by atoms with van der Waals surface area (Å²) >= 11 is 0. The van der Waals surface area contributed by atoms with Crippen LogP contribution in [0.4, 0.5) is 18.0 Å². The third-order valence-corrected chi connectivity index (χ3v) is 7.47. The Morgan fingerprint density at radius 1 is 1.14 bits per heavy atom. The molecule has 0 spiro atoms. The summed E-state index contributed by atoms with van der Waals surface area (Å²) in [6, 6.07) is 7.54. The summed E-state index contributed by atoms with van der Waals surface area (Å²) in [6.45, 7) is 6.15. The van der Waals surface area contributed by atoms with Crippen LogP contribution in [-0.4, -0.2) is 72.9 Å². The van der Waals surface area contributed by atoms with Crippen LogP contribution < -0.4 is 9.88 Å². The van der Waals surface area contributed by atoms with Gasteiger partial charge in [-0.1, -0.05) is 17.0 Å². The van der Waals surface area contributed by atoms with Crippen LogP contribution in [0.5, 0.6) is 5.75 Å². The Kier molecular flexibility index (Phi) is 6.59. The lowest BCUT2D eigenvalue weighted by atomic mass is 9.92. The van der Waals surface area contributed by atoms with Crippen molar-refractivity contribution < 1.29 is 40.7 Å². The zero-order chi connectivity index (χ0) is 27.2. The number of aromatic nitrogens is 1. The minimum Gasteiger partial charge on any atom is -0.445 e. The van der Waals surface area contributed by atoms with Crippen LogP contribution >= 0.6 is 0 Å². The Morgan fingerprint density at radius 2 is 1.76 bits per heavy atom. The molecule has 2 aromatic rings. The third kappa shape index (κ3) is 5.35. The van der Waals surface area contributed by atoms with Crippen molar-refractivity contribution in [3.05, 3.63) is 52.5 Å². The number of halogens is 3. The van der Waals surface area contributed by atoms with Crippen LogP contribution in [-0.2, 0) is 28.4 Å². The highest BCUT2D eigenvalue weighted by molar-refractivity contribution is 7.89. The molecule has 2 N–H and O–H groups in total. The molecule has 1 aromatic carbocycles. The number of nitrogens with zero attached hydrogens (tertiary/aromatic N) is 4. The monoisotopic (exact) mass is 542 g/mol. The normalized spacial score (nSPS) is 21.5.